The number of piperazine rings is 1. The summed E-state index contributed by atoms with van der Waals surface area (Å²) in [4.78, 5) is 19.6. The van der Waals surface area contributed by atoms with Crippen molar-refractivity contribution in [1.29, 1.82) is 0 Å². The minimum absolute atomic E-state index is 0.231. The van der Waals surface area contributed by atoms with Gasteiger partial charge in [-0.25, -0.2) is 4.79 Å². The standard InChI is InChI=1S/C11H18N4O3/c1-3-17-11(16)15-6-4-14(5-7-15)8-10-12-9(2)13-18-10/h3-8H2,1-2H3. The van der Waals surface area contributed by atoms with E-state index in [-0.39, 0.29) is 6.09 Å². The highest BCUT2D eigenvalue weighted by Crippen LogP contribution is 2.08. The molecule has 0 radical (unpaired) electrons. The van der Waals surface area contributed by atoms with Gasteiger partial charge in [0, 0.05) is 26.2 Å². The first kappa shape index (κ1) is 12.8. The van der Waals surface area contributed by atoms with Crippen LogP contribution in [0.1, 0.15) is 18.6 Å². The van der Waals surface area contributed by atoms with Crippen molar-refractivity contribution in [2.45, 2.75) is 20.4 Å². The Morgan fingerprint density at radius 3 is 2.67 bits per heavy atom. The van der Waals surface area contributed by atoms with Crippen LogP contribution in [0, 0.1) is 6.92 Å². The molecule has 2 heterocycles. The lowest BCUT2D eigenvalue weighted by Gasteiger charge is -2.33. The lowest BCUT2D eigenvalue weighted by atomic mass is 10.3. The fourth-order valence-electron chi connectivity index (χ4n) is 1.90. The fourth-order valence-corrected chi connectivity index (χ4v) is 1.90. The molecular weight excluding hydrogens is 236 g/mol. The van der Waals surface area contributed by atoms with E-state index in [0.717, 1.165) is 13.1 Å². The summed E-state index contributed by atoms with van der Waals surface area (Å²) in [6, 6.07) is 0. The highest BCUT2D eigenvalue weighted by Gasteiger charge is 2.22. The second-order valence-corrected chi connectivity index (χ2v) is 4.20. The largest absolute Gasteiger partial charge is 0.450 e. The highest BCUT2D eigenvalue weighted by atomic mass is 16.6. The van der Waals surface area contributed by atoms with Crippen LogP contribution in [0.2, 0.25) is 0 Å². The van der Waals surface area contributed by atoms with Crippen LogP contribution in [-0.4, -0.2) is 58.8 Å². The van der Waals surface area contributed by atoms with Gasteiger partial charge in [0.2, 0.25) is 5.89 Å². The van der Waals surface area contributed by atoms with Crippen LogP contribution in [0.15, 0.2) is 4.52 Å². The summed E-state index contributed by atoms with van der Waals surface area (Å²) >= 11 is 0. The van der Waals surface area contributed by atoms with E-state index < -0.39 is 0 Å². The van der Waals surface area contributed by atoms with Gasteiger partial charge < -0.3 is 14.2 Å². The van der Waals surface area contributed by atoms with E-state index in [1.807, 2.05) is 6.92 Å². The van der Waals surface area contributed by atoms with Gasteiger partial charge in [-0.3, -0.25) is 4.90 Å². The molecule has 1 aliphatic heterocycles. The quantitative estimate of drug-likeness (QED) is 0.788. The third-order valence-electron chi connectivity index (χ3n) is 2.83. The molecule has 0 unspecified atom stereocenters. The molecule has 0 spiro atoms. The normalized spacial score (nSPS) is 16.9. The molecule has 0 atom stereocenters. The second-order valence-electron chi connectivity index (χ2n) is 4.20. The van der Waals surface area contributed by atoms with Gasteiger partial charge in [-0.1, -0.05) is 5.16 Å². The number of hydrogen-bond donors (Lipinski definition) is 0. The lowest BCUT2D eigenvalue weighted by molar-refractivity contribution is 0.0749. The third kappa shape index (κ3) is 3.19. The van der Waals surface area contributed by atoms with Crippen LogP contribution in [0.25, 0.3) is 0 Å². The molecule has 1 saturated heterocycles. The Balaban J connectivity index is 1.78. The SMILES string of the molecule is CCOC(=O)N1CCN(Cc2nc(C)no2)CC1. The van der Waals surface area contributed by atoms with E-state index in [9.17, 15) is 4.79 Å². The molecule has 7 heteroatoms. The minimum Gasteiger partial charge on any atom is -0.450 e. The number of carbonyl (C=O) groups excluding carboxylic acids is 1. The maximum atomic E-state index is 11.5. The summed E-state index contributed by atoms with van der Waals surface area (Å²) in [5.41, 5.74) is 0. The zero-order valence-electron chi connectivity index (χ0n) is 10.8. The maximum Gasteiger partial charge on any atom is 0.409 e. The molecule has 1 aromatic heterocycles. The van der Waals surface area contributed by atoms with Crippen molar-refractivity contribution >= 4 is 6.09 Å². The highest BCUT2D eigenvalue weighted by molar-refractivity contribution is 5.67. The predicted molar refractivity (Wildman–Crippen MR) is 62.9 cm³/mol. The Morgan fingerprint density at radius 2 is 2.11 bits per heavy atom. The number of carbonyl (C=O) groups is 1. The summed E-state index contributed by atoms with van der Waals surface area (Å²) < 4.78 is 10.0. The molecule has 0 bridgehead atoms. The van der Waals surface area contributed by atoms with Gasteiger partial charge in [0.05, 0.1) is 13.2 Å². The van der Waals surface area contributed by atoms with Gasteiger partial charge in [0.15, 0.2) is 5.82 Å². The Morgan fingerprint density at radius 1 is 1.39 bits per heavy atom. The predicted octanol–water partition coefficient (Wildman–Crippen LogP) is 0.652. The molecule has 7 nitrogen and oxygen atoms in total. The van der Waals surface area contributed by atoms with Crippen LogP contribution < -0.4 is 0 Å². The third-order valence-corrected chi connectivity index (χ3v) is 2.83. The Kier molecular flexibility index (Phi) is 4.14. The van der Waals surface area contributed by atoms with Crippen molar-refractivity contribution in [3.63, 3.8) is 0 Å². The number of rotatable bonds is 3. The van der Waals surface area contributed by atoms with Crippen LogP contribution in [0.5, 0.6) is 0 Å². The van der Waals surface area contributed by atoms with Crippen LogP contribution in [-0.2, 0) is 11.3 Å². The van der Waals surface area contributed by atoms with Crippen molar-refractivity contribution in [2.24, 2.45) is 0 Å². The first-order valence-electron chi connectivity index (χ1n) is 6.12. The van der Waals surface area contributed by atoms with E-state index in [1.54, 1.807) is 11.8 Å². The van der Waals surface area contributed by atoms with Gasteiger partial charge in [0.25, 0.3) is 0 Å². The van der Waals surface area contributed by atoms with Crippen molar-refractivity contribution in [1.82, 2.24) is 19.9 Å². The number of nitrogens with zero attached hydrogens (tertiary/aromatic N) is 4. The summed E-state index contributed by atoms with van der Waals surface area (Å²) in [5.74, 6) is 1.27. The molecule has 1 aromatic rings. The zero-order valence-corrected chi connectivity index (χ0v) is 10.8. The molecule has 18 heavy (non-hydrogen) atoms. The summed E-state index contributed by atoms with van der Waals surface area (Å²) in [7, 11) is 0. The van der Waals surface area contributed by atoms with Crippen LogP contribution in [0.3, 0.4) is 0 Å². The average molecular weight is 254 g/mol. The smallest absolute Gasteiger partial charge is 0.409 e. The molecule has 100 valence electrons. The first-order chi connectivity index (χ1) is 8.69. The van der Waals surface area contributed by atoms with Gasteiger partial charge in [0.1, 0.15) is 0 Å². The first-order valence-corrected chi connectivity index (χ1v) is 6.12. The Labute approximate surface area is 106 Å². The van der Waals surface area contributed by atoms with Crippen LogP contribution in [0.4, 0.5) is 4.79 Å². The molecule has 0 aromatic carbocycles. The molecule has 1 aliphatic rings. The van der Waals surface area contributed by atoms with E-state index in [1.165, 1.54) is 0 Å². The Bertz CT molecular complexity index is 399. The molecular formula is C11H18N4O3. The fraction of sp³-hybridized carbons (Fsp3) is 0.727. The molecule has 1 amide bonds. The number of amides is 1. The van der Waals surface area contributed by atoms with E-state index in [2.05, 4.69) is 15.0 Å². The molecule has 0 N–H and O–H groups in total. The lowest BCUT2D eigenvalue weighted by Crippen LogP contribution is -2.48. The number of hydrogen-bond acceptors (Lipinski definition) is 6. The van der Waals surface area contributed by atoms with Crippen LogP contribution >= 0.6 is 0 Å². The molecule has 2 rings (SSSR count). The number of ether oxygens (including phenoxy) is 1. The van der Waals surface area contributed by atoms with Crippen molar-refractivity contribution in [2.75, 3.05) is 32.8 Å². The van der Waals surface area contributed by atoms with E-state index >= 15 is 0 Å². The molecule has 0 aliphatic carbocycles. The topological polar surface area (TPSA) is 71.7 Å². The van der Waals surface area contributed by atoms with Gasteiger partial charge in [-0.2, -0.15) is 4.98 Å². The zero-order chi connectivity index (χ0) is 13.0. The van der Waals surface area contributed by atoms with Gasteiger partial charge in [-0.15, -0.1) is 0 Å². The summed E-state index contributed by atoms with van der Waals surface area (Å²) in [6.45, 7) is 7.59. The van der Waals surface area contributed by atoms with Crippen molar-refractivity contribution < 1.29 is 14.1 Å². The maximum absolute atomic E-state index is 11.5. The van der Waals surface area contributed by atoms with E-state index in [0.29, 0.717) is 38.0 Å². The average Bonchev–Trinajstić information content (AvgIpc) is 2.76. The summed E-state index contributed by atoms with van der Waals surface area (Å²) in [5, 5.41) is 3.75. The van der Waals surface area contributed by atoms with Crippen molar-refractivity contribution in [3.8, 4) is 0 Å². The number of aryl methyl sites for hydroxylation is 1. The number of aromatic nitrogens is 2. The van der Waals surface area contributed by atoms with Crippen molar-refractivity contribution in [3.05, 3.63) is 11.7 Å². The molecule has 0 saturated carbocycles. The second kappa shape index (κ2) is 5.81. The monoisotopic (exact) mass is 254 g/mol. The minimum atomic E-state index is -0.231. The van der Waals surface area contributed by atoms with Gasteiger partial charge in [-0.05, 0) is 13.8 Å². The van der Waals surface area contributed by atoms with E-state index in [4.69, 9.17) is 9.26 Å². The Hall–Kier alpha value is -1.63. The van der Waals surface area contributed by atoms with Gasteiger partial charge >= 0.3 is 6.09 Å². The summed E-state index contributed by atoms with van der Waals surface area (Å²) in [6.07, 6.45) is -0.231. The molecule has 1 fully saturated rings.